The van der Waals surface area contributed by atoms with Crippen molar-refractivity contribution >= 4 is 17.7 Å². The number of hydrogen-bond acceptors (Lipinski definition) is 4. The highest BCUT2D eigenvalue weighted by atomic mass is 16.5. The van der Waals surface area contributed by atoms with Gasteiger partial charge >= 0.3 is 12.0 Å². The molecule has 1 saturated carbocycles. The lowest BCUT2D eigenvalue weighted by Gasteiger charge is -2.24. The van der Waals surface area contributed by atoms with Crippen molar-refractivity contribution in [2.75, 3.05) is 25.5 Å². The number of urea groups is 1. The number of methoxy groups -OCH3 is 1. The number of carboxylic acid groups (broad SMARTS) is 1. The Bertz CT molecular complexity index is 705. The molecule has 1 saturated heterocycles. The summed E-state index contributed by atoms with van der Waals surface area (Å²) in [7, 11) is 1.56. The van der Waals surface area contributed by atoms with E-state index < -0.39 is 11.4 Å². The molecule has 0 bridgehead atoms. The van der Waals surface area contributed by atoms with Crippen LogP contribution < -0.4 is 14.8 Å². The van der Waals surface area contributed by atoms with Gasteiger partial charge in [-0.2, -0.15) is 0 Å². The van der Waals surface area contributed by atoms with Gasteiger partial charge in [0, 0.05) is 19.2 Å². The summed E-state index contributed by atoms with van der Waals surface area (Å²) in [5.41, 5.74) is -0.271. The number of nitrogens with zero attached hydrogens (tertiary/aromatic N) is 1. The van der Waals surface area contributed by atoms with Crippen LogP contribution in [0.2, 0.25) is 0 Å². The van der Waals surface area contributed by atoms with Crippen LogP contribution in [0.5, 0.6) is 11.5 Å². The Morgan fingerprint density at radius 2 is 2.15 bits per heavy atom. The molecule has 1 aliphatic carbocycles. The highest BCUT2D eigenvalue weighted by Crippen LogP contribution is 2.49. The molecule has 142 valence electrons. The van der Waals surface area contributed by atoms with Crippen molar-refractivity contribution in [3.05, 3.63) is 18.2 Å². The van der Waals surface area contributed by atoms with Crippen molar-refractivity contribution in [2.24, 2.45) is 11.3 Å². The Labute approximate surface area is 153 Å². The number of carbonyl (C=O) groups is 2. The SMILES string of the molecule is COc1ccc(OC(C)C)c(NC(=O)N2C[C@@H]3CCC[C@@]3(C(=O)O)C2)c1. The molecule has 0 spiro atoms. The Balaban J connectivity index is 1.77. The Morgan fingerprint density at radius 1 is 1.38 bits per heavy atom. The molecule has 3 rings (SSSR count). The maximum absolute atomic E-state index is 12.8. The number of benzene rings is 1. The molecular formula is C19H26N2O5. The molecule has 1 aromatic rings. The van der Waals surface area contributed by atoms with Crippen molar-refractivity contribution in [3.63, 3.8) is 0 Å². The third-order valence-corrected chi connectivity index (χ3v) is 5.37. The molecule has 7 heteroatoms. The van der Waals surface area contributed by atoms with Crippen molar-refractivity contribution < 1.29 is 24.2 Å². The quantitative estimate of drug-likeness (QED) is 0.840. The summed E-state index contributed by atoms with van der Waals surface area (Å²) in [5.74, 6) is 0.404. The second-order valence-electron chi connectivity index (χ2n) is 7.39. The first-order valence-electron chi connectivity index (χ1n) is 9.00. The summed E-state index contributed by atoms with van der Waals surface area (Å²) in [6.07, 6.45) is 2.36. The second kappa shape index (κ2) is 7.05. The molecule has 1 heterocycles. The smallest absolute Gasteiger partial charge is 0.321 e. The van der Waals surface area contributed by atoms with Gasteiger partial charge in [-0.25, -0.2) is 4.79 Å². The number of aliphatic carboxylic acids is 1. The van der Waals surface area contributed by atoms with E-state index in [0.29, 0.717) is 30.2 Å². The zero-order valence-electron chi connectivity index (χ0n) is 15.4. The summed E-state index contributed by atoms with van der Waals surface area (Å²) < 4.78 is 11.0. The number of carboxylic acids is 1. The van der Waals surface area contributed by atoms with E-state index in [1.54, 1.807) is 30.2 Å². The van der Waals surface area contributed by atoms with Gasteiger partial charge in [0.25, 0.3) is 0 Å². The van der Waals surface area contributed by atoms with Gasteiger partial charge < -0.3 is 24.8 Å². The molecule has 0 aromatic heterocycles. The Kier molecular flexibility index (Phi) is 4.98. The van der Waals surface area contributed by atoms with Crippen molar-refractivity contribution in [3.8, 4) is 11.5 Å². The van der Waals surface area contributed by atoms with Crippen LogP contribution in [-0.2, 0) is 4.79 Å². The highest BCUT2D eigenvalue weighted by molar-refractivity contribution is 5.92. The predicted octanol–water partition coefficient (Wildman–Crippen LogP) is 3.20. The largest absolute Gasteiger partial charge is 0.497 e. The van der Waals surface area contributed by atoms with Gasteiger partial charge in [-0.05, 0) is 44.7 Å². The third kappa shape index (κ3) is 3.30. The normalized spacial score (nSPS) is 24.5. The lowest BCUT2D eigenvalue weighted by Crippen LogP contribution is -2.38. The first-order valence-corrected chi connectivity index (χ1v) is 9.00. The molecule has 2 atom stereocenters. The minimum atomic E-state index is -0.791. The zero-order chi connectivity index (χ0) is 18.9. The molecule has 0 unspecified atom stereocenters. The summed E-state index contributed by atoms with van der Waals surface area (Å²) in [5, 5.41) is 12.5. The van der Waals surface area contributed by atoms with Gasteiger partial charge in [0.15, 0.2) is 0 Å². The first kappa shape index (κ1) is 18.4. The van der Waals surface area contributed by atoms with E-state index >= 15 is 0 Å². The topological polar surface area (TPSA) is 88.1 Å². The van der Waals surface area contributed by atoms with Gasteiger partial charge in [0.2, 0.25) is 0 Å². The van der Waals surface area contributed by atoms with E-state index in [-0.39, 0.29) is 24.6 Å². The molecule has 1 aromatic carbocycles. The number of likely N-dealkylation sites (tertiary alicyclic amines) is 1. The fraction of sp³-hybridized carbons (Fsp3) is 0.579. The lowest BCUT2D eigenvalue weighted by atomic mass is 9.81. The summed E-state index contributed by atoms with van der Waals surface area (Å²) in [6, 6.07) is 4.93. The average Bonchev–Trinajstić information content (AvgIpc) is 3.14. The number of anilines is 1. The number of carbonyl (C=O) groups excluding carboxylic acids is 1. The molecule has 0 radical (unpaired) electrons. The first-order chi connectivity index (χ1) is 12.4. The molecule has 1 aliphatic heterocycles. The van der Waals surface area contributed by atoms with Gasteiger partial charge in [-0.3, -0.25) is 4.79 Å². The molecule has 7 nitrogen and oxygen atoms in total. The number of fused-ring (bicyclic) bond motifs is 1. The van der Waals surface area contributed by atoms with E-state index in [1.807, 2.05) is 13.8 Å². The zero-order valence-corrected chi connectivity index (χ0v) is 15.4. The van der Waals surface area contributed by atoms with Crippen molar-refractivity contribution in [2.45, 2.75) is 39.2 Å². The van der Waals surface area contributed by atoms with Crippen LogP contribution in [0.15, 0.2) is 18.2 Å². The summed E-state index contributed by atoms with van der Waals surface area (Å²) >= 11 is 0. The second-order valence-corrected chi connectivity index (χ2v) is 7.39. The highest BCUT2D eigenvalue weighted by Gasteiger charge is 2.55. The van der Waals surface area contributed by atoms with Crippen LogP contribution in [-0.4, -0.2) is 48.3 Å². The van der Waals surface area contributed by atoms with Crippen molar-refractivity contribution in [1.29, 1.82) is 0 Å². The monoisotopic (exact) mass is 362 g/mol. The fourth-order valence-corrected chi connectivity index (χ4v) is 4.08. The fourth-order valence-electron chi connectivity index (χ4n) is 4.08. The Morgan fingerprint density at radius 3 is 2.77 bits per heavy atom. The number of hydrogen-bond donors (Lipinski definition) is 2. The third-order valence-electron chi connectivity index (χ3n) is 5.37. The van der Waals surface area contributed by atoms with Crippen LogP contribution in [0.1, 0.15) is 33.1 Å². The molecule has 26 heavy (non-hydrogen) atoms. The predicted molar refractivity (Wildman–Crippen MR) is 96.8 cm³/mol. The molecule has 2 aliphatic rings. The number of ether oxygens (including phenoxy) is 2. The van der Waals surface area contributed by atoms with Crippen LogP contribution in [0.4, 0.5) is 10.5 Å². The average molecular weight is 362 g/mol. The van der Waals surface area contributed by atoms with E-state index in [0.717, 1.165) is 12.8 Å². The van der Waals surface area contributed by atoms with Crippen LogP contribution >= 0.6 is 0 Å². The number of amides is 2. The van der Waals surface area contributed by atoms with Crippen molar-refractivity contribution in [1.82, 2.24) is 4.90 Å². The molecular weight excluding hydrogens is 336 g/mol. The van der Waals surface area contributed by atoms with Crippen LogP contribution in [0, 0.1) is 11.3 Å². The Hall–Kier alpha value is -2.44. The minimum Gasteiger partial charge on any atom is -0.497 e. The van der Waals surface area contributed by atoms with Gasteiger partial charge in [-0.1, -0.05) is 6.42 Å². The lowest BCUT2D eigenvalue weighted by molar-refractivity contribution is -0.149. The van der Waals surface area contributed by atoms with E-state index in [4.69, 9.17) is 9.47 Å². The maximum Gasteiger partial charge on any atom is 0.321 e. The maximum atomic E-state index is 12.8. The van der Waals surface area contributed by atoms with Gasteiger partial charge in [-0.15, -0.1) is 0 Å². The molecule has 2 fully saturated rings. The van der Waals surface area contributed by atoms with Crippen LogP contribution in [0.3, 0.4) is 0 Å². The van der Waals surface area contributed by atoms with E-state index in [2.05, 4.69) is 5.32 Å². The van der Waals surface area contributed by atoms with E-state index in [9.17, 15) is 14.7 Å². The van der Waals surface area contributed by atoms with Crippen LogP contribution in [0.25, 0.3) is 0 Å². The summed E-state index contributed by atoms with van der Waals surface area (Å²) in [4.78, 5) is 26.2. The van der Waals surface area contributed by atoms with Gasteiger partial charge in [0.05, 0.1) is 24.3 Å². The minimum absolute atomic E-state index is 0.0300. The summed E-state index contributed by atoms with van der Waals surface area (Å²) in [6.45, 7) is 4.55. The van der Waals surface area contributed by atoms with Gasteiger partial charge in [0.1, 0.15) is 11.5 Å². The standard InChI is InChI=1S/C19H26N2O5/c1-12(2)26-16-7-6-14(25-3)9-15(16)20-18(24)21-10-13-5-4-8-19(13,11-21)17(22)23/h6-7,9,12-13H,4-5,8,10-11H2,1-3H3,(H,20,24)(H,22,23)/t13-,19+/m0/s1. The number of nitrogens with one attached hydrogen (secondary N) is 1. The molecule has 2 N–H and O–H groups in total. The number of rotatable bonds is 5. The molecule has 2 amide bonds. The van der Waals surface area contributed by atoms with E-state index in [1.165, 1.54) is 0 Å².